The number of methoxy groups -OCH3 is 2. The van der Waals surface area contributed by atoms with Gasteiger partial charge in [0, 0.05) is 6.54 Å². The predicted octanol–water partition coefficient (Wildman–Crippen LogP) is 1.16. The first-order valence-electron chi connectivity index (χ1n) is 7.09. The van der Waals surface area contributed by atoms with E-state index in [2.05, 4.69) is 15.3 Å². The molecule has 126 valence electrons. The van der Waals surface area contributed by atoms with Gasteiger partial charge in [-0.05, 0) is 24.1 Å². The summed E-state index contributed by atoms with van der Waals surface area (Å²) in [6.45, 7) is 0.386. The summed E-state index contributed by atoms with van der Waals surface area (Å²) in [6.07, 6.45) is 2.77. The van der Waals surface area contributed by atoms with Gasteiger partial charge in [-0.2, -0.15) is 0 Å². The number of carbonyl (C=O) groups excluding carboxylic acids is 1. The molecular weight excluding hydrogens is 314 g/mol. The van der Waals surface area contributed by atoms with Gasteiger partial charge in [0.05, 0.1) is 26.6 Å². The molecule has 8 nitrogen and oxygen atoms in total. The fraction of sp³-hybridized carbons (Fsp3) is 0.250. The van der Waals surface area contributed by atoms with Crippen LogP contribution in [0.5, 0.6) is 11.5 Å². The number of nitrogens with zero attached hydrogens (tertiary/aromatic N) is 2. The molecule has 24 heavy (non-hydrogen) atoms. The molecule has 0 radical (unpaired) electrons. The first kappa shape index (κ1) is 17.2. The average molecular weight is 331 g/mol. The lowest BCUT2D eigenvalue weighted by molar-refractivity contribution is 0.0689. The topological polar surface area (TPSA) is 111 Å². The number of benzene rings is 1. The van der Waals surface area contributed by atoms with Gasteiger partial charge in [0.2, 0.25) is 0 Å². The Morgan fingerprint density at radius 1 is 1.08 bits per heavy atom. The minimum Gasteiger partial charge on any atom is -0.493 e. The molecule has 2 N–H and O–H groups in total. The number of hydrogen-bond acceptors (Lipinski definition) is 6. The molecule has 1 heterocycles. The number of carbonyl (C=O) groups is 2. The fourth-order valence-electron chi connectivity index (χ4n) is 2.00. The van der Waals surface area contributed by atoms with Crippen LogP contribution in [-0.4, -0.2) is 47.7 Å². The van der Waals surface area contributed by atoms with Gasteiger partial charge in [0.15, 0.2) is 17.2 Å². The number of hydrogen-bond donors (Lipinski definition) is 2. The Balaban J connectivity index is 1.91. The number of carboxylic acids is 1. The van der Waals surface area contributed by atoms with Crippen molar-refractivity contribution in [2.75, 3.05) is 20.8 Å². The molecule has 2 aromatic rings. The lowest BCUT2D eigenvalue weighted by Crippen LogP contribution is -2.26. The van der Waals surface area contributed by atoms with Gasteiger partial charge in [0.25, 0.3) is 5.91 Å². The van der Waals surface area contributed by atoms with Crippen molar-refractivity contribution in [3.8, 4) is 11.5 Å². The Labute approximate surface area is 138 Å². The molecule has 0 saturated carbocycles. The summed E-state index contributed by atoms with van der Waals surface area (Å²) in [5.41, 5.74) is 0.824. The standard InChI is InChI=1S/C16H17N3O5/c1-23-13-4-3-10(7-14(13)24-2)5-6-17-15(20)11-8-19-12(9-18-11)16(21)22/h3-4,7-9H,5-6H2,1-2H3,(H,17,20)(H,21,22). The van der Waals surface area contributed by atoms with Crippen molar-refractivity contribution in [2.24, 2.45) is 0 Å². The van der Waals surface area contributed by atoms with Crippen molar-refractivity contribution in [2.45, 2.75) is 6.42 Å². The highest BCUT2D eigenvalue weighted by Crippen LogP contribution is 2.27. The SMILES string of the molecule is COc1ccc(CCNC(=O)c2cnc(C(=O)O)cn2)cc1OC. The van der Waals surface area contributed by atoms with Gasteiger partial charge >= 0.3 is 5.97 Å². The van der Waals surface area contributed by atoms with E-state index in [9.17, 15) is 9.59 Å². The van der Waals surface area contributed by atoms with E-state index in [0.29, 0.717) is 24.5 Å². The first-order chi connectivity index (χ1) is 11.5. The van der Waals surface area contributed by atoms with Crippen LogP contribution in [0.4, 0.5) is 0 Å². The number of aromatic carboxylic acids is 1. The van der Waals surface area contributed by atoms with Gasteiger partial charge in [-0.15, -0.1) is 0 Å². The molecule has 0 aliphatic heterocycles. The highest BCUT2D eigenvalue weighted by atomic mass is 16.5. The first-order valence-corrected chi connectivity index (χ1v) is 7.09. The largest absolute Gasteiger partial charge is 0.493 e. The second-order valence-corrected chi connectivity index (χ2v) is 4.79. The summed E-state index contributed by atoms with van der Waals surface area (Å²) in [5.74, 6) is -0.349. The van der Waals surface area contributed by atoms with Crippen molar-refractivity contribution >= 4 is 11.9 Å². The van der Waals surface area contributed by atoms with Gasteiger partial charge < -0.3 is 19.9 Å². The molecule has 1 amide bonds. The summed E-state index contributed by atoms with van der Waals surface area (Å²) < 4.78 is 10.4. The van der Waals surface area contributed by atoms with E-state index >= 15 is 0 Å². The van der Waals surface area contributed by atoms with E-state index in [1.807, 2.05) is 12.1 Å². The van der Waals surface area contributed by atoms with E-state index in [4.69, 9.17) is 14.6 Å². The molecule has 8 heteroatoms. The molecule has 0 aliphatic rings. The zero-order chi connectivity index (χ0) is 17.5. The summed E-state index contributed by atoms with van der Waals surface area (Å²) in [6, 6.07) is 5.52. The highest BCUT2D eigenvalue weighted by Gasteiger charge is 2.10. The number of carboxylic acid groups (broad SMARTS) is 1. The normalized spacial score (nSPS) is 10.1. The van der Waals surface area contributed by atoms with Crippen molar-refractivity contribution in [3.63, 3.8) is 0 Å². The third kappa shape index (κ3) is 4.19. The van der Waals surface area contributed by atoms with E-state index in [1.54, 1.807) is 20.3 Å². The molecular formula is C16H17N3O5. The molecule has 0 atom stereocenters. The molecule has 2 rings (SSSR count). The van der Waals surface area contributed by atoms with E-state index in [1.165, 1.54) is 0 Å². The maximum atomic E-state index is 11.9. The Kier molecular flexibility index (Phi) is 5.67. The number of rotatable bonds is 7. The Morgan fingerprint density at radius 3 is 2.33 bits per heavy atom. The van der Waals surface area contributed by atoms with Crippen molar-refractivity contribution in [1.82, 2.24) is 15.3 Å². The summed E-state index contributed by atoms with van der Waals surface area (Å²) in [7, 11) is 3.12. The van der Waals surface area contributed by atoms with Crippen molar-refractivity contribution in [3.05, 3.63) is 47.5 Å². The maximum absolute atomic E-state index is 11.9. The maximum Gasteiger partial charge on any atom is 0.356 e. The van der Waals surface area contributed by atoms with Crippen LogP contribution >= 0.6 is 0 Å². The molecule has 0 bridgehead atoms. The molecule has 0 fully saturated rings. The smallest absolute Gasteiger partial charge is 0.356 e. The Hall–Kier alpha value is -3.16. The summed E-state index contributed by atoms with van der Waals surface area (Å²) >= 11 is 0. The molecule has 0 saturated heterocycles. The third-order valence-electron chi connectivity index (χ3n) is 3.25. The Morgan fingerprint density at radius 2 is 1.75 bits per heavy atom. The van der Waals surface area contributed by atoms with Crippen LogP contribution in [0, 0.1) is 0 Å². The predicted molar refractivity (Wildman–Crippen MR) is 84.6 cm³/mol. The van der Waals surface area contributed by atoms with Crippen LogP contribution in [0.3, 0.4) is 0 Å². The second-order valence-electron chi connectivity index (χ2n) is 4.79. The monoisotopic (exact) mass is 331 g/mol. The van der Waals surface area contributed by atoms with Crippen molar-refractivity contribution < 1.29 is 24.2 Å². The number of amides is 1. The van der Waals surface area contributed by atoms with Crippen LogP contribution in [0.2, 0.25) is 0 Å². The minimum absolute atomic E-state index is 0.0623. The molecule has 0 aliphatic carbocycles. The van der Waals surface area contributed by atoms with Crippen molar-refractivity contribution in [1.29, 1.82) is 0 Å². The van der Waals surface area contributed by atoms with Crippen LogP contribution in [0.25, 0.3) is 0 Å². The molecule has 1 aromatic carbocycles. The summed E-state index contributed by atoms with van der Waals surface area (Å²) in [5, 5.41) is 11.4. The quantitative estimate of drug-likeness (QED) is 0.783. The Bertz CT molecular complexity index is 731. The van der Waals surface area contributed by atoms with Gasteiger partial charge in [0.1, 0.15) is 5.69 Å². The minimum atomic E-state index is -1.19. The van der Waals surface area contributed by atoms with Crippen LogP contribution in [-0.2, 0) is 6.42 Å². The van der Waals surface area contributed by atoms with E-state index < -0.39 is 11.9 Å². The van der Waals surface area contributed by atoms with E-state index in [0.717, 1.165) is 18.0 Å². The molecule has 0 unspecified atom stereocenters. The molecule has 0 spiro atoms. The highest BCUT2D eigenvalue weighted by molar-refractivity contribution is 5.92. The lowest BCUT2D eigenvalue weighted by Gasteiger charge is -2.10. The molecule has 1 aromatic heterocycles. The van der Waals surface area contributed by atoms with Crippen LogP contribution in [0.15, 0.2) is 30.6 Å². The second kappa shape index (κ2) is 7.91. The number of aromatic nitrogens is 2. The zero-order valence-electron chi connectivity index (χ0n) is 13.3. The van der Waals surface area contributed by atoms with Gasteiger partial charge in [-0.25, -0.2) is 14.8 Å². The third-order valence-corrected chi connectivity index (χ3v) is 3.25. The number of nitrogens with one attached hydrogen (secondary N) is 1. The summed E-state index contributed by atoms with van der Waals surface area (Å²) in [4.78, 5) is 30.1. The van der Waals surface area contributed by atoms with E-state index in [-0.39, 0.29) is 11.4 Å². The van der Waals surface area contributed by atoms with Crippen LogP contribution in [0.1, 0.15) is 26.5 Å². The number of ether oxygens (including phenoxy) is 2. The lowest BCUT2D eigenvalue weighted by atomic mass is 10.1. The fourth-order valence-corrected chi connectivity index (χ4v) is 2.00. The van der Waals surface area contributed by atoms with Crippen LogP contribution < -0.4 is 14.8 Å². The average Bonchev–Trinajstić information content (AvgIpc) is 2.61. The van der Waals surface area contributed by atoms with Gasteiger partial charge in [-0.1, -0.05) is 6.07 Å². The van der Waals surface area contributed by atoms with Gasteiger partial charge in [-0.3, -0.25) is 4.79 Å². The zero-order valence-corrected chi connectivity index (χ0v) is 13.3.